The lowest BCUT2D eigenvalue weighted by atomic mass is 10.1. The number of benzene rings is 1. The van der Waals surface area contributed by atoms with Crippen LogP contribution in [0.4, 0.5) is 5.69 Å². The SMILES string of the molecule is CCNC(=NCc1ccccc1N1CCOCC1)NCCC(C)C. The second kappa shape index (κ2) is 10.2. The number of hydrogen-bond acceptors (Lipinski definition) is 3. The topological polar surface area (TPSA) is 48.9 Å². The van der Waals surface area contributed by atoms with Crippen molar-refractivity contribution in [2.75, 3.05) is 44.3 Å². The monoisotopic (exact) mass is 332 g/mol. The van der Waals surface area contributed by atoms with Gasteiger partial charge >= 0.3 is 0 Å². The Kier molecular flexibility index (Phi) is 7.89. The number of ether oxygens (including phenoxy) is 1. The van der Waals surface area contributed by atoms with E-state index < -0.39 is 0 Å². The lowest BCUT2D eigenvalue weighted by molar-refractivity contribution is 0.122. The van der Waals surface area contributed by atoms with E-state index in [1.165, 1.54) is 11.3 Å². The van der Waals surface area contributed by atoms with Crippen LogP contribution in [0.25, 0.3) is 0 Å². The highest BCUT2D eigenvalue weighted by atomic mass is 16.5. The van der Waals surface area contributed by atoms with Gasteiger partial charge < -0.3 is 20.3 Å². The minimum absolute atomic E-state index is 0.685. The Morgan fingerprint density at radius 2 is 1.96 bits per heavy atom. The van der Waals surface area contributed by atoms with E-state index in [0.29, 0.717) is 12.5 Å². The summed E-state index contributed by atoms with van der Waals surface area (Å²) in [5.41, 5.74) is 2.54. The molecule has 2 rings (SSSR count). The van der Waals surface area contributed by atoms with Crippen LogP contribution in [0.15, 0.2) is 29.3 Å². The number of guanidine groups is 1. The van der Waals surface area contributed by atoms with Crippen LogP contribution in [0, 0.1) is 5.92 Å². The molecule has 24 heavy (non-hydrogen) atoms. The number of morpholine rings is 1. The summed E-state index contributed by atoms with van der Waals surface area (Å²) in [4.78, 5) is 7.17. The molecule has 134 valence electrons. The largest absolute Gasteiger partial charge is 0.378 e. The smallest absolute Gasteiger partial charge is 0.191 e. The molecule has 5 heteroatoms. The lowest BCUT2D eigenvalue weighted by Crippen LogP contribution is -2.38. The summed E-state index contributed by atoms with van der Waals surface area (Å²) in [6, 6.07) is 8.55. The summed E-state index contributed by atoms with van der Waals surface area (Å²) in [6.45, 7) is 12.6. The van der Waals surface area contributed by atoms with Gasteiger partial charge in [-0.25, -0.2) is 4.99 Å². The quantitative estimate of drug-likeness (QED) is 0.595. The predicted molar refractivity (Wildman–Crippen MR) is 102 cm³/mol. The molecular formula is C19H32N4O. The molecule has 0 bridgehead atoms. The number of para-hydroxylation sites is 1. The van der Waals surface area contributed by atoms with Crippen molar-refractivity contribution in [3.63, 3.8) is 0 Å². The summed E-state index contributed by atoms with van der Waals surface area (Å²) in [6.07, 6.45) is 1.15. The molecule has 1 saturated heterocycles. The molecule has 0 spiro atoms. The van der Waals surface area contributed by atoms with E-state index in [9.17, 15) is 0 Å². The molecule has 1 aromatic rings. The highest BCUT2D eigenvalue weighted by Crippen LogP contribution is 2.22. The summed E-state index contributed by atoms with van der Waals surface area (Å²) >= 11 is 0. The zero-order valence-corrected chi connectivity index (χ0v) is 15.3. The third-order valence-corrected chi connectivity index (χ3v) is 4.11. The fourth-order valence-corrected chi connectivity index (χ4v) is 2.74. The van der Waals surface area contributed by atoms with E-state index in [-0.39, 0.29) is 0 Å². The molecule has 1 aromatic carbocycles. The van der Waals surface area contributed by atoms with Gasteiger partial charge in [0.15, 0.2) is 5.96 Å². The molecule has 0 amide bonds. The second-order valence-electron chi connectivity index (χ2n) is 6.53. The van der Waals surface area contributed by atoms with Gasteiger partial charge in [-0.2, -0.15) is 0 Å². The number of anilines is 1. The Labute approximate surface area is 146 Å². The molecule has 5 nitrogen and oxygen atoms in total. The van der Waals surface area contributed by atoms with Crippen molar-refractivity contribution in [2.24, 2.45) is 10.9 Å². The van der Waals surface area contributed by atoms with E-state index in [4.69, 9.17) is 9.73 Å². The van der Waals surface area contributed by atoms with Crippen LogP contribution in [-0.2, 0) is 11.3 Å². The van der Waals surface area contributed by atoms with Crippen molar-refractivity contribution in [1.29, 1.82) is 0 Å². The van der Waals surface area contributed by atoms with Gasteiger partial charge in [-0.15, -0.1) is 0 Å². The maximum atomic E-state index is 5.47. The standard InChI is InChI=1S/C19H32N4O/c1-4-20-19(21-10-9-16(2)3)22-15-17-7-5-6-8-18(17)23-11-13-24-14-12-23/h5-8,16H,4,9-15H2,1-3H3,(H2,20,21,22). The molecule has 0 aromatic heterocycles. The van der Waals surface area contributed by atoms with Gasteiger partial charge in [-0.1, -0.05) is 32.0 Å². The minimum Gasteiger partial charge on any atom is -0.378 e. The van der Waals surface area contributed by atoms with Crippen molar-refractivity contribution in [1.82, 2.24) is 10.6 Å². The minimum atomic E-state index is 0.685. The highest BCUT2D eigenvalue weighted by Gasteiger charge is 2.14. The Balaban J connectivity index is 2.01. The molecule has 2 N–H and O–H groups in total. The van der Waals surface area contributed by atoms with Crippen LogP contribution < -0.4 is 15.5 Å². The van der Waals surface area contributed by atoms with Crippen molar-refractivity contribution in [3.8, 4) is 0 Å². The first kappa shape index (κ1) is 18.6. The van der Waals surface area contributed by atoms with Gasteiger partial charge in [0.1, 0.15) is 0 Å². The number of hydrogen-bond donors (Lipinski definition) is 2. The molecular weight excluding hydrogens is 300 g/mol. The third-order valence-electron chi connectivity index (χ3n) is 4.11. The van der Waals surface area contributed by atoms with Gasteiger partial charge in [0, 0.05) is 31.9 Å². The Morgan fingerprint density at radius 3 is 2.67 bits per heavy atom. The van der Waals surface area contributed by atoms with E-state index in [1.807, 2.05) is 0 Å². The Hall–Kier alpha value is -1.75. The third kappa shape index (κ3) is 6.04. The van der Waals surface area contributed by atoms with E-state index in [0.717, 1.165) is 51.8 Å². The summed E-state index contributed by atoms with van der Waals surface area (Å²) in [5, 5.41) is 6.76. The summed E-state index contributed by atoms with van der Waals surface area (Å²) in [5.74, 6) is 1.59. The van der Waals surface area contributed by atoms with Crippen LogP contribution in [-0.4, -0.2) is 45.4 Å². The van der Waals surface area contributed by atoms with Crippen LogP contribution >= 0.6 is 0 Å². The Morgan fingerprint density at radius 1 is 1.21 bits per heavy atom. The fourth-order valence-electron chi connectivity index (χ4n) is 2.74. The zero-order valence-electron chi connectivity index (χ0n) is 15.3. The second-order valence-corrected chi connectivity index (χ2v) is 6.53. The van der Waals surface area contributed by atoms with Crippen LogP contribution in [0.1, 0.15) is 32.8 Å². The number of nitrogens with one attached hydrogen (secondary N) is 2. The Bertz CT molecular complexity index is 510. The molecule has 0 unspecified atom stereocenters. The van der Waals surface area contributed by atoms with Crippen LogP contribution in [0.5, 0.6) is 0 Å². The van der Waals surface area contributed by atoms with E-state index in [1.54, 1.807) is 0 Å². The number of nitrogens with zero attached hydrogens (tertiary/aromatic N) is 2. The number of aliphatic imine (C=N–C) groups is 1. The summed E-state index contributed by atoms with van der Waals surface area (Å²) < 4.78 is 5.47. The molecule has 1 fully saturated rings. The van der Waals surface area contributed by atoms with Crippen molar-refractivity contribution < 1.29 is 4.74 Å². The molecule has 0 saturated carbocycles. The van der Waals surface area contributed by atoms with Gasteiger partial charge in [0.2, 0.25) is 0 Å². The lowest BCUT2D eigenvalue weighted by Gasteiger charge is -2.30. The maximum Gasteiger partial charge on any atom is 0.191 e. The molecule has 0 aliphatic carbocycles. The summed E-state index contributed by atoms with van der Waals surface area (Å²) in [7, 11) is 0. The van der Waals surface area contributed by atoms with Gasteiger partial charge in [-0.05, 0) is 30.9 Å². The van der Waals surface area contributed by atoms with Crippen molar-refractivity contribution in [2.45, 2.75) is 33.7 Å². The van der Waals surface area contributed by atoms with Gasteiger partial charge in [0.25, 0.3) is 0 Å². The zero-order chi connectivity index (χ0) is 17.2. The highest BCUT2D eigenvalue weighted by molar-refractivity contribution is 5.79. The van der Waals surface area contributed by atoms with E-state index in [2.05, 4.69) is 60.6 Å². The average Bonchev–Trinajstić information content (AvgIpc) is 2.60. The first-order valence-corrected chi connectivity index (χ1v) is 9.13. The molecule has 0 radical (unpaired) electrons. The van der Waals surface area contributed by atoms with Crippen LogP contribution in [0.3, 0.4) is 0 Å². The van der Waals surface area contributed by atoms with Crippen LogP contribution in [0.2, 0.25) is 0 Å². The average molecular weight is 332 g/mol. The molecule has 1 heterocycles. The molecule has 0 atom stereocenters. The first-order chi connectivity index (χ1) is 11.7. The number of rotatable bonds is 7. The van der Waals surface area contributed by atoms with Gasteiger partial charge in [0.05, 0.1) is 19.8 Å². The van der Waals surface area contributed by atoms with Gasteiger partial charge in [-0.3, -0.25) is 0 Å². The van der Waals surface area contributed by atoms with Crippen molar-refractivity contribution in [3.05, 3.63) is 29.8 Å². The van der Waals surface area contributed by atoms with Crippen molar-refractivity contribution >= 4 is 11.6 Å². The fraction of sp³-hybridized carbons (Fsp3) is 0.632. The predicted octanol–water partition coefficient (Wildman–Crippen LogP) is 2.62. The normalized spacial score (nSPS) is 15.7. The van der Waals surface area contributed by atoms with E-state index >= 15 is 0 Å². The maximum absolute atomic E-state index is 5.47. The first-order valence-electron chi connectivity index (χ1n) is 9.13. The molecule has 1 aliphatic rings. The molecule has 1 aliphatic heterocycles.